The highest BCUT2D eigenvalue weighted by molar-refractivity contribution is 5.79. The standard InChI is InChI=1S/C23H25N3O2/c1-17-7-6-10-20(15-17)25-11-13-26(14-12-25)22(27)16-21-18(2)28-23(24-21)19-8-4-3-5-9-19/h3-10,15H,11-14,16H2,1-2H3. The highest BCUT2D eigenvalue weighted by Crippen LogP contribution is 2.22. The van der Waals surface area contributed by atoms with Crippen LogP contribution in [-0.4, -0.2) is 42.0 Å². The smallest absolute Gasteiger partial charge is 0.228 e. The molecule has 3 aromatic rings. The van der Waals surface area contributed by atoms with Gasteiger partial charge in [-0.05, 0) is 43.7 Å². The molecule has 2 heterocycles. The van der Waals surface area contributed by atoms with Crippen molar-refractivity contribution in [1.29, 1.82) is 0 Å². The Balaban J connectivity index is 1.38. The molecule has 1 aliphatic rings. The van der Waals surface area contributed by atoms with E-state index in [0.717, 1.165) is 37.4 Å². The minimum Gasteiger partial charge on any atom is -0.441 e. The van der Waals surface area contributed by atoms with Crippen molar-refractivity contribution in [2.24, 2.45) is 0 Å². The molecule has 2 aromatic carbocycles. The van der Waals surface area contributed by atoms with Crippen LogP contribution in [0.3, 0.4) is 0 Å². The Morgan fingerprint density at radius 3 is 2.46 bits per heavy atom. The van der Waals surface area contributed by atoms with Gasteiger partial charge in [0, 0.05) is 37.4 Å². The molecule has 144 valence electrons. The summed E-state index contributed by atoms with van der Waals surface area (Å²) in [4.78, 5) is 21.6. The van der Waals surface area contributed by atoms with E-state index in [9.17, 15) is 4.79 Å². The van der Waals surface area contributed by atoms with Crippen LogP contribution in [0.5, 0.6) is 0 Å². The van der Waals surface area contributed by atoms with Crippen LogP contribution in [-0.2, 0) is 11.2 Å². The summed E-state index contributed by atoms with van der Waals surface area (Å²) < 4.78 is 5.78. The minimum atomic E-state index is 0.111. The third-order valence-corrected chi connectivity index (χ3v) is 5.23. The first-order chi connectivity index (χ1) is 13.6. The topological polar surface area (TPSA) is 49.6 Å². The molecule has 0 atom stereocenters. The molecular formula is C23H25N3O2. The zero-order valence-corrected chi connectivity index (χ0v) is 16.4. The van der Waals surface area contributed by atoms with E-state index in [1.165, 1.54) is 11.3 Å². The van der Waals surface area contributed by atoms with Gasteiger partial charge in [0.05, 0.1) is 12.1 Å². The lowest BCUT2D eigenvalue weighted by atomic mass is 10.1. The molecule has 4 rings (SSSR count). The number of anilines is 1. The molecule has 28 heavy (non-hydrogen) atoms. The fraction of sp³-hybridized carbons (Fsp3) is 0.304. The monoisotopic (exact) mass is 375 g/mol. The van der Waals surface area contributed by atoms with E-state index in [0.29, 0.717) is 11.7 Å². The molecule has 0 saturated carbocycles. The van der Waals surface area contributed by atoms with Crippen LogP contribution in [0, 0.1) is 13.8 Å². The average molecular weight is 375 g/mol. The second kappa shape index (κ2) is 7.89. The average Bonchev–Trinajstić information content (AvgIpc) is 3.09. The molecule has 0 spiro atoms. The number of aromatic nitrogens is 1. The fourth-order valence-corrected chi connectivity index (χ4v) is 3.59. The lowest BCUT2D eigenvalue weighted by molar-refractivity contribution is -0.130. The van der Waals surface area contributed by atoms with Gasteiger partial charge in [0.2, 0.25) is 11.8 Å². The predicted molar refractivity (Wildman–Crippen MR) is 110 cm³/mol. The van der Waals surface area contributed by atoms with Crippen molar-refractivity contribution >= 4 is 11.6 Å². The lowest BCUT2D eigenvalue weighted by Gasteiger charge is -2.36. The summed E-state index contributed by atoms with van der Waals surface area (Å²) in [5.74, 6) is 1.40. The Bertz CT molecular complexity index is 957. The first-order valence-electron chi connectivity index (χ1n) is 9.71. The normalized spacial score (nSPS) is 14.4. The van der Waals surface area contributed by atoms with Crippen LogP contribution in [0.4, 0.5) is 5.69 Å². The number of rotatable bonds is 4. The van der Waals surface area contributed by atoms with Gasteiger partial charge in [-0.3, -0.25) is 4.79 Å². The molecule has 0 N–H and O–H groups in total. The fourth-order valence-electron chi connectivity index (χ4n) is 3.59. The number of benzene rings is 2. The molecule has 1 aromatic heterocycles. The summed E-state index contributed by atoms with van der Waals surface area (Å²) in [6, 6.07) is 18.3. The predicted octanol–water partition coefficient (Wildman–Crippen LogP) is 3.85. The lowest BCUT2D eigenvalue weighted by Crippen LogP contribution is -2.49. The van der Waals surface area contributed by atoms with Crippen LogP contribution in [0.25, 0.3) is 11.5 Å². The molecule has 1 saturated heterocycles. The van der Waals surface area contributed by atoms with Gasteiger partial charge in [-0.1, -0.05) is 30.3 Å². The summed E-state index contributed by atoms with van der Waals surface area (Å²) in [7, 11) is 0. The summed E-state index contributed by atoms with van der Waals surface area (Å²) in [6.45, 7) is 7.14. The van der Waals surface area contributed by atoms with Gasteiger partial charge in [-0.15, -0.1) is 0 Å². The van der Waals surface area contributed by atoms with Crippen LogP contribution in [0.2, 0.25) is 0 Å². The van der Waals surface area contributed by atoms with Crippen LogP contribution in [0.1, 0.15) is 17.0 Å². The highest BCUT2D eigenvalue weighted by atomic mass is 16.4. The third-order valence-electron chi connectivity index (χ3n) is 5.23. The van der Waals surface area contributed by atoms with Gasteiger partial charge >= 0.3 is 0 Å². The second-order valence-corrected chi connectivity index (χ2v) is 7.27. The van der Waals surface area contributed by atoms with Gasteiger partial charge in [-0.25, -0.2) is 4.98 Å². The molecule has 5 heteroatoms. The van der Waals surface area contributed by atoms with Gasteiger partial charge in [0.15, 0.2) is 0 Å². The first kappa shape index (κ1) is 18.3. The van der Waals surface area contributed by atoms with Crippen molar-refractivity contribution in [3.05, 3.63) is 71.6 Å². The molecule has 0 unspecified atom stereocenters. The Morgan fingerprint density at radius 1 is 1.00 bits per heavy atom. The zero-order valence-electron chi connectivity index (χ0n) is 16.4. The van der Waals surface area contributed by atoms with E-state index in [1.54, 1.807) is 0 Å². The Hall–Kier alpha value is -3.08. The summed E-state index contributed by atoms with van der Waals surface area (Å²) in [5, 5.41) is 0. The first-order valence-corrected chi connectivity index (χ1v) is 9.71. The molecule has 1 aliphatic heterocycles. The maximum Gasteiger partial charge on any atom is 0.228 e. The third kappa shape index (κ3) is 3.93. The van der Waals surface area contributed by atoms with Crippen molar-refractivity contribution < 1.29 is 9.21 Å². The summed E-state index contributed by atoms with van der Waals surface area (Å²) in [6.07, 6.45) is 0.284. The second-order valence-electron chi connectivity index (χ2n) is 7.27. The van der Waals surface area contributed by atoms with Crippen LogP contribution >= 0.6 is 0 Å². The Kier molecular flexibility index (Phi) is 5.15. The number of aryl methyl sites for hydroxylation is 2. The van der Waals surface area contributed by atoms with Crippen molar-refractivity contribution in [3.8, 4) is 11.5 Å². The maximum absolute atomic E-state index is 12.8. The van der Waals surface area contributed by atoms with Crippen molar-refractivity contribution in [1.82, 2.24) is 9.88 Å². The summed E-state index contributed by atoms with van der Waals surface area (Å²) in [5.41, 5.74) is 4.14. The number of piperazine rings is 1. The Morgan fingerprint density at radius 2 is 1.75 bits per heavy atom. The zero-order chi connectivity index (χ0) is 19.5. The molecule has 0 aliphatic carbocycles. The van der Waals surface area contributed by atoms with E-state index in [4.69, 9.17) is 4.42 Å². The number of nitrogens with zero attached hydrogens (tertiary/aromatic N) is 3. The number of hydrogen-bond donors (Lipinski definition) is 0. The molecule has 1 fully saturated rings. The molecular weight excluding hydrogens is 350 g/mol. The SMILES string of the molecule is Cc1cccc(N2CCN(C(=O)Cc3nc(-c4ccccc4)oc3C)CC2)c1. The summed E-state index contributed by atoms with van der Waals surface area (Å²) >= 11 is 0. The molecule has 1 amide bonds. The number of amides is 1. The number of carbonyl (C=O) groups is 1. The van der Waals surface area contributed by atoms with Gasteiger partial charge in [-0.2, -0.15) is 0 Å². The van der Waals surface area contributed by atoms with Gasteiger partial charge in [0.25, 0.3) is 0 Å². The minimum absolute atomic E-state index is 0.111. The molecule has 5 nitrogen and oxygen atoms in total. The maximum atomic E-state index is 12.8. The van der Waals surface area contributed by atoms with E-state index in [-0.39, 0.29) is 12.3 Å². The van der Waals surface area contributed by atoms with Gasteiger partial charge in [0.1, 0.15) is 5.76 Å². The molecule has 0 bridgehead atoms. The number of hydrogen-bond acceptors (Lipinski definition) is 4. The van der Waals surface area contributed by atoms with E-state index in [1.807, 2.05) is 42.2 Å². The van der Waals surface area contributed by atoms with Crippen molar-refractivity contribution in [3.63, 3.8) is 0 Å². The highest BCUT2D eigenvalue weighted by Gasteiger charge is 2.23. The Labute approximate surface area is 165 Å². The van der Waals surface area contributed by atoms with Crippen LogP contribution in [0.15, 0.2) is 59.0 Å². The molecule has 0 radical (unpaired) electrons. The quantitative estimate of drug-likeness (QED) is 0.695. The number of carbonyl (C=O) groups excluding carboxylic acids is 1. The van der Waals surface area contributed by atoms with Crippen molar-refractivity contribution in [2.45, 2.75) is 20.3 Å². The van der Waals surface area contributed by atoms with Crippen molar-refractivity contribution in [2.75, 3.05) is 31.1 Å². The van der Waals surface area contributed by atoms with Crippen LogP contribution < -0.4 is 4.90 Å². The van der Waals surface area contributed by atoms with E-state index >= 15 is 0 Å². The largest absolute Gasteiger partial charge is 0.441 e. The number of oxazole rings is 1. The van der Waals surface area contributed by atoms with Gasteiger partial charge < -0.3 is 14.2 Å². The van der Waals surface area contributed by atoms with E-state index < -0.39 is 0 Å². The van der Waals surface area contributed by atoms with E-state index in [2.05, 4.69) is 41.1 Å².